The molecular weight excluding hydrogens is 178 g/mol. The summed E-state index contributed by atoms with van der Waals surface area (Å²) in [6, 6.07) is -0.117. The summed E-state index contributed by atoms with van der Waals surface area (Å²) in [4.78, 5) is 12.7. The zero-order valence-electron chi connectivity index (χ0n) is 10.1. The number of nitrogens with one attached hydrogen (secondary N) is 1. The van der Waals surface area contributed by atoms with Crippen molar-refractivity contribution in [2.24, 2.45) is 5.73 Å². The number of hydrogen-bond donors (Lipinski definition) is 2. The van der Waals surface area contributed by atoms with Crippen molar-refractivity contribution in [3.05, 3.63) is 0 Å². The summed E-state index contributed by atoms with van der Waals surface area (Å²) >= 11 is 0. The number of nitrogens with two attached hydrogens (primary N) is 1. The number of primary amides is 1. The molecule has 1 atom stereocenters. The number of nitrogens with zero attached hydrogens (tertiary/aromatic N) is 1. The topological polar surface area (TPSA) is 58.4 Å². The smallest absolute Gasteiger partial charge is 0.236 e. The van der Waals surface area contributed by atoms with E-state index in [1.54, 1.807) is 0 Å². The minimum Gasteiger partial charge on any atom is -0.368 e. The van der Waals surface area contributed by atoms with E-state index in [1.807, 2.05) is 39.6 Å². The van der Waals surface area contributed by atoms with Gasteiger partial charge in [0, 0.05) is 19.6 Å². The maximum absolute atomic E-state index is 10.7. The van der Waals surface area contributed by atoms with Crippen LogP contribution in [-0.2, 0) is 4.79 Å². The van der Waals surface area contributed by atoms with Crippen molar-refractivity contribution >= 4 is 5.91 Å². The highest BCUT2D eigenvalue weighted by Crippen LogP contribution is 1.97. The van der Waals surface area contributed by atoms with Crippen molar-refractivity contribution in [2.45, 2.75) is 33.7 Å². The standard InChI is InChI=1S/C6H13N3O.2C2H6/c1-9-3-2-8-4-5(9)6(7)10;2*1-2/h5,8H,2-4H2,1H3,(H2,7,10);2*1-2H3. The Morgan fingerprint density at radius 3 is 2.14 bits per heavy atom. The molecule has 0 saturated carbocycles. The molecule has 0 aliphatic carbocycles. The predicted molar refractivity (Wildman–Crippen MR) is 61.2 cm³/mol. The van der Waals surface area contributed by atoms with Gasteiger partial charge in [-0.15, -0.1) is 0 Å². The SMILES string of the molecule is CC.CC.CN1CCNCC1C(N)=O. The number of likely N-dealkylation sites (N-methyl/N-ethyl adjacent to an activating group) is 1. The number of carbonyl (C=O) groups is 1. The van der Waals surface area contributed by atoms with Crippen molar-refractivity contribution in [3.8, 4) is 0 Å². The van der Waals surface area contributed by atoms with Gasteiger partial charge in [0.1, 0.15) is 6.04 Å². The van der Waals surface area contributed by atoms with Gasteiger partial charge in [-0.05, 0) is 7.05 Å². The van der Waals surface area contributed by atoms with Crippen LogP contribution in [0.3, 0.4) is 0 Å². The molecule has 1 heterocycles. The summed E-state index contributed by atoms with van der Waals surface area (Å²) in [5.41, 5.74) is 5.14. The molecule has 1 aliphatic rings. The van der Waals surface area contributed by atoms with E-state index in [0.29, 0.717) is 6.54 Å². The first kappa shape index (κ1) is 15.8. The molecule has 0 spiro atoms. The van der Waals surface area contributed by atoms with E-state index in [4.69, 9.17) is 5.73 Å². The maximum Gasteiger partial charge on any atom is 0.236 e. The fourth-order valence-corrected chi connectivity index (χ4v) is 1.12. The van der Waals surface area contributed by atoms with Crippen molar-refractivity contribution in [2.75, 3.05) is 26.7 Å². The van der Waals surface area contributed by atoms with Crippen molar-refractivity contribution in [1.82, 2.24) is 10.2 Å². The Morgan fingerprint density at radius 2 is 1.86 bits per heavy atom. The van der Waals surface area contributed by atoms with Gasteiger partial charge in [0.05, 0.1) is 0 Å². The zero-order valence-corrected chi connectivity index (χ0v) is 10.1. The molecule has 1 fully saturated rings. The van der Waals surface area contributed by atoms with Gasteiger partial charge in [0.15, 0.2) is 0 Å². The molecule has 1 rings (SSSR count). The number of hydrogen-bond acceptors (Lipinski definition) is 3. The first-order chi connectivity index (χ1) is 6.72. The van der Waals surface area contributed by atoms with Crippen LogP contribution in [0.2, 0.25) is 0 Å². The van der Waals surface area contributed by atoms with E-state index in [2.05, 4.69) is 5.32 Å². The Morgan fingerprint density at radius 1 is 1.36 bits per heavy atom. The highest BCUT2D eigenvalue weighted by molar-refractivity contribution is 5.80. The molecule has 0 aromatic heterocycles. The third-order valence-corrected chi connectivity index (χ3v) is 1.84. The van der Waals surface area contributed by atoms with Gasteiger partial charge in [0.2, 0.25) is 5.91 Å². The van der Waals surface area contributed by atoms with E-state index in [1.165, 1.54) is 0 Å². The number of rotatable bonds is 1. The highest BCUT2D eigenvalue weighted by Gasteiger charge is 2.22. The van der Waals surface area contributed by atoms with Gasteiger partial charge in [-0.25, -0.2) is 0 Å². The Kier molecular flexibility index (Phi) is 11.9. The van der Waals surface area contributed by atoms with Gasteiger partial charge in [-0.2, -0.15) is 0 Å². The van der Waals surface area contributed by atoms with E-state index in [9.17, 15) is 4.79 Å². The van der Waals surface area contributed by atoms with Gasteiger partial charge >= 0.3 is 0 Å². The summed E-state index contributed by atoms with van der Waals surface area (Å²) in [5, 5.41) is 3.10. The minimum absolute atomic E-state index is 0.117. The molecule has 4 heteroatoms. The van der Waals surface area contributed by atoms with Crippen LogP contribution in [-0.4, -0.2) is 43.5 Å². The van der Waals surface area contributed by atoms with Crippen molar-refractivity contribution < 1.29 is 4.79 Å². The lowest BCUT2D eigenvalue weighted by atomic mass is 10.2. The van der Waals surface area contributed by atoms with E-state index < -0.39 is 0 Å². The summed E-state index contributed by atoms with van der Waals surface area (Å²) < 4.78 is 0. The lowest BCUT2D eigenvalue weighted by molar-refractivity contribution is -0.123. The predicted octanol–water partition coefficient (Wildman–Crippen LogP) is 0.428. The molecule has 1 saturated heterocycles. The van der Waals surface area contributed by atoms with Crippen LogP contribution >= 0.6 is 0 Å². The summed E-state index contributed by atoms with van der Waals surface area (Å²) in [7, 11) is 1.91. The fourth-order valence-electron chi connectivity index (χ4n) is 1.12. The van der Waals surface area contributed by atoms with Crippen LogP contribution in [0.4, 0.5) is 0 Å². The Hall–Kier alpha value is -0.610. The monoisotopic (exact) mass is 203 g/mol. The lowest BCUT2D eigenvalue weighted by Gasteiger charge is -2.30. The summed E-state index contributed by atoms with van der Waals surface area (Å²) in [6.07, 6.45) is 0. The number of amides is 1. The molecule has 1 amide bonds. The van der Waals surface area contributed by atoms with Crippen molar-refractivity contribution in [3.63, 3.8) is 0 Å². The van der Waals surface area contributed by atoms with Gasteiger partial charge < -0.3 is 11.1 Å². The molecule has 86 valence electrons. The first-order valence-corrected chi connectivity index (χ1v) is 5.42. The fraction of sp³-hybridized carbons (Fsp3) is 0.900. The molecular formula is C10H25N3O. The lowest BCUT2D eigenvalue weighted by Crippen LogP contribution is -2.55. The largest absolute Gasteiger partial charge is 0.368 e. The van der Waals surface area contributed by atoms with Crippen LogP contribution in [0.1, 0.15) is 27.7 Å². The second kappa shape index (κ2) is 10.5. The van der Waals surface area contributed by atoms with E-state index in [0.717, 1.165) is 13.1 Å². The molecule has 1 unspecified atom stereocenters. The molecule has 4 nitrogen and oxygen atoms in total. The highest BCUT2D eigenvalue weighted by atomic mass is 16.1. The van der Waals surface area contributed by atoms with Crippen LogP contribution in [0.15, 0.2) is 0 Å². The number of piperazine rings is 1. The van der Waals surface area contributed by atoms with Crippen LogP contribution in [0.5, 0.6) is 0 Å². The Labute approximate surface area is 87.8 Å². The van der Waals surface area contributed by atoms with E-state index >= 15 is 0 Å². The molecule has 0 bridgehead atoms. The Bertz CT molecular complexity index is 139. The first-order valence-electron chi connectivity index (χ1n) is 5.42. The average molecular weight is 203 g/mol. The summed E-state index contributed by atoms with van der Waals surface area (Å²) in [6.45, 7) is 10.5. The molecule has 3 N–H and O–H groups in total. The Balaban J connectivity index is 0. The van der Waals surface area contributed by atoms with Crippen LogP contribution in [0.25, 0.3) is 0 Å². The number of carbonyl (C=O) groups excluding carboxylic acids is 1. The van der Waals surface area contributed by atoms with Gasteiger partial charge in [-0.3, -0.25) is 9.69 Å². The molecule has 0 radical (unpaired) electrons. The average Bonchev–Trinajstić information content (AvgIpc) is 2.24. The molecule has 0 aromatic carbocycles. The van der Waals surface area contributed by atoms with Gasteiger partial charge in [-0.1, -0.05) is 27.7 Å². The zero-order chi connectivity index (χ0) is 11.6. The van der Waals surface area contributed by atoms with E-state index in [-0.39, 0.29) is 11.9 Å². The molecule has 14 heavy (non-hydrogen) atoms. The van der Waals surface area contributed by atoms with Crippen LogP contribution in [0, 0.1) is 0 Å². The van der Waals surface area contributed by atoms with Gasteiger partial charge in [0.25, 0.3) is 0 Å². The second-order valence-electron chi connectivity index (χ2n) is 2.60. The second-order valence-corrected chi connectivity index (χ2v) is 2.60. The van der Waals surface area contributed by atoms with Crippen LogP contribution < -0.4 is 11.1 Å². The molecule has 1 aliphatic heterocycles. The molecule has 0 aromatic rings. The third-order valence-electron chi connectivity index (χ3n) is 1.84. The summed E-state index contributed by atoms with van der Waals surface area (Å²) in [5.74, 6) is -0.241. The maximum atomic E-state index is 10.7. The van der Waals surface area contributed by atoms with Crippen molar-refractivity contribution in [1.29, 1.82) is 0 Å². The quantitative estimate of drug-likeness (QED) is 0.649. The minimum atomic E-state index is -0.241. The third kappa shape index (κ3) is 5.94. The normalized spacial score (nSPS) is 21.1.